The van der Waals surface area contributed by atoms with E-state index in [2.05, 4.69) is 15.2 Å². The first-order chi connectivity index (χ1) is 12.1. The van der Waals surface area contributed by atoms with E-state index in [0.717, 1.165) is 49.2 Å². The molecule has 0 unspecified atom stereocenters. The lowest BCUT2D eigenvalue weighted by Crippen LogP contribution is -2.53. The predicted molar refractivity (Wildman–Crippen MR) is 95.9 cm³/mol. The van der Waals surface area contributed by atoms with Crippen molar-refractivity contribution in [3.63, 3.8) is 0 Å². The van der Waals surface area contributed by atoms with Gasteiger partial charge in [-0.25, -0.2) is 4.68 Å². The number of amides is 1. The normalized spacial score (nSPS) is 19.0. The number of nitrogens with zero attached hydrogens (tertiary/aromatic N) is 5. The molecule has 6 nitrogen and oxygen atoms in total. The second kappa shape index (κ2) is 6.59. The number of rotatable bonds is 3. The number of aryl methyl sites for hydroxylation is 1. The molecule has 4 rings (SSSR count). The first-order valence-corrected chi connectivity index (χ1v) is 9.16. The van der Waals surface area contributed by atoms with Crippen molar-refractivity contribution in [2.45, 2.75) is 39.2 Å². The summed E-state index contributed by atoms with van der Waals surface area (Å²) in [5.41, 5.74) is 3.38. The Bertz CT molecular complexity index is 772. The summed E-state index contributed by atoms with van der Waals surface area (Å²) >= 11 is 0. The van der Waals surface area contributed by atoms with Gasteiger partial charge in [0, 0.05) is 32.2 Å². The smallest absolute Gasteiger partial charge is 0.276 e. The highest BCUT2D eigenvalue weighted by atomic mass is 16.2. The van der Waals surface area contributed by atoms with Crippen molar-refractivity contribution < 1.29 is 4.79 Å². The summed E-state index contributed by atoms with van der Waals surface area (Å²) in [5.74, 6) is 0.00432. The molecular formula is C19H25N5O. The molecule has 1 saturated heterocycles. The van der Waals surface area contributed by atoms with Crippen LogP contribution in [-0.2, 0) is 0 Å². The molecule has 2 aromatic rings. The molecule has 2 aliphatic rings. The number of aromatic nitrogens is 3. The summed E-state index contributed by atoms with van der Waals surface area (Å²) in [6.07, 6.45) is 3.99. The van der Waals surface area contributed by atoms with E-state index >= 15 is 0 Å². The van der Waals surface area contributed by atoms with Gasteiger partial charge in [0.1, 0.15) is 0 Å². The SMILES string of the molecule is Cc1cccc(-n2nnc(C(=O)N3CCN(C4CCC4)CC3)c2C)c1. The lowest BCUT2D eigenvalue weighted by molar-refractivity contribution is 0.0450. The van der Waals surface area contributed by atoms with Gasteiger partial charge in [-0.05, 0) is 44.4 Å². The lowest BCUT2D eigenvalue weighted by atomic mass is 9.91. The number of hydrogen-bond donors (Lipinski definition) is 0. The van der Waals surface area contributed by atoms with Gasteiger partial charge in [-0.1, -0.05) is 23.8 Å². The van der Waals surface area contributed by atoms with E-state index < -0.39 is 0 Å². The molecule has 2 heterocycles. The standard InChI is InChI=1S/C19H25N5O/c1-14-5-3-8-17(13-14)24-15(2)18(20-21-24)19(25)23-11-9-22(10-12-23)16-6-4-7-16/h3,5,8,13,16H,4,6-7,9-12H2,1-2H3. The van der Waals surface area contributed by atoms with Crippen LogP contribution in [0.5, 0.6) is 0 Å². The zero-order chi connectivity index (χ0) is 17.4. The summed E-state index contributed by atoms with van der Waals surface area (Å²) in [6, 6.07) is 8.82. The largest absolute Gasteiger partial charge is 0.335 e. The van der Waals surface area contributed by atoms with Crippen LogP contribution in [0.15, 0.2) is 24.3 Å². The maximum atomic E-state index is 12.9. The second-order valence-electron chi connectivity index (χ2n) is 7.19. The minimum Gasteiger partial charge on any atom is -0.335 e. The zero-order valence-electron chi connectivity index (χ0n) is 15.0. The molecule has 1 aliphatic carbocycles. The summed E-state index contributed by atoms with van der Waals surface area (Å²) in [6.45, 7) is 7.48. The molecule has 25 heavy (non-hydrogen) atoms. The van der Waals surface area contributed by atoms with Crippen molar-refractivity contribution in [3.8, 4) is 5.69 Å². The van der Waals surface area contributed by atoms with Crippen molar-refractivity contribution in [2.24, 2.45) is 0 Å². The number of benzene rings is 1. The molecule has 2 fully saturated rings. The van der Waals surface area contributed by atoms with Gasteiger partial charge in [0.2, 0.25) is 0 Å². The first kappa shape index (κ1) is 16.3. The average Bonchev–Trinajstić information content (AvgIpc) is 2.95. The third kappa shape index (κ3) is 3.06. The molecule has 1 aromatic carbocycles. The second-order valence-corrected chi connectivity index (χ2v) is 7.19. The van der Waals surface area contributed by atoms with Crippen LogP contribution in [0.25, 0.3) is 5.69 Å². The quantitative estimate of drug-likeness (QED) is 0.860. The minimum atomic E-state index is 0.00432. The maximum Gasteiger partial charge on any atom is 0.276 e. The van der Waals surface area contributed by atoms with Gasteiger partial charge in [-0.2, -0.15) is 0 Å². The van der Waals surface area contributed by atoms with E-state index in [-0.39, 0.29) is 5.91 Å². The number of carbonyl (C=O) groups excluding carboxylic acids is 1. The Morgan fingerprint density at radius 2 is 1.88 bits per heavy atom. The molecule has 1 aliphatic heterocycles. The Morgan fingerprint density at radius 3 is 2.52 bits per heavy atom. The Labute approximate surface area is 148 Å². The Morgan fingerprint density at radius 1 is 1.12 bits per heavy atom. The number of hydrogen-bond acceptors (Lipinski definition) is 4. The molecular weight excluding hydrogens is 314 g/mol. The van der Waals surface area contributed by atoms with Crippen LogP contribution in [0.3, 0.4) is 0 Å². The van der Waals surface area contributed by atoms with Gasteiger partial charge in [0.25, 0.3) is 5.91 Å². The van der Waals surface area contributed by atoms with Crippen molar-refractivity contribution in [1.82, 2.24) is 24.8 Å². The summed E-state index contributed by atoms with van der Waals surface area (Å²) < 4.78 is 1.75. The van der Waals surface area contributed by atoms with Gasteiger partial charge in [-0.3, -0.25) is 9.69 Å². The molecule has 1 amide bonds. The van der Waals surface area contributed by atoms with Gasteiger partial charge < -0.3 is 4.90 Å². The van der Waals surface area contributed by atoms with Gasteiger partial charge in [-0.15, -0.1) is 5.10 Å². The molecule has 132 valence electrons. The van der Waals surface area contributed by atoms with Crippen LogP contribution >= 0.6 is 0 Å². The van der Waals surface area contributed by atoms with E-state index in [0.29, 0.717) is 5.69 Å². The minimum absolute atomic E-state index is 0.00432. The Hall–Kier alpha value is -2.21. The highest BCUT2D eigenvalue weighted by molar-refractivity contribution is 5.93. The highest BCUT2D eigenvalue weighted by Crippen LogP contribution is 2.26. The van der Waals surface area contributed by atoms with E-state index in [1.54, 1.807) is 4.68 Å². The van der Waals surface area contributed by atoms with E-state index in [1.807, 2.05) is 43.0 Å². The van der Waals surface area contributed by atoms with Crippen molar-refractivity contribution in [2.75, 3.05) is 26.2 Å². The molecule has 6 heteroatoms. The fourth-order valence-corrected chi connectivity index (χ4v) is 3.72. The Balaban J connectivity index is 1.48. The molecule has 0 radical (unpaired) electrons. The van der Waals surface area contributed by atoms with Gasteiger partial charge >= 0.3 is 0 Å². The molecule has 0 N–H and O–H groups in total. The highest BCUT2D eigenvalue weighted by Gasteiger charge is 2.31. The summed E-state index contributed by atoms with van der Waals surface area (Å²) in [7, 11) is 0. The van der Waals surface area contributed by atoms with Gasteiger partial charge in [0.15, 0.2) is 5.69 Å². The first-order valence-electron chi connectivity index (χ1n) is 9.16. The third-order valence-corrected chi connectivity index (χ3v) is 5.54. The van der Waals surface area contributed by atoms with Crippen LogP contribution < -0.4 is 0 Å². The van der Waals surface area contributed by atoms with E-state index in [9.17, 15) is 4.79 Å². The number of piperazine rings is 1. The maximum absolute atomic E-state index is 12.9. The molecule has 0 atom stereocenters. The van der Waals surface area contributed by atoms with Crippen LogP contribution in [0.4, 0.5) is 0 Å². The fraction of sp³-hybridized carbons (Fsp3) is 0.526. The topological polar surface area (TPSA) is 54.3 Å². The molecule has 0 bridgehead atoms. The van der Waals surface area contributed by atoms with E-state index in [1.165, 1.54) is 19.3 Å². The Kier molecular flexibility index (Phi) is 4.29. The van der Waals surface area contributed by atoms with Crippen LogP contribution in [0.1, 0.15) is 41.0 Å². The summed E-state index contributed by atoms with van der Waals surface area (Å²) in [5, 5.41) is 8.40. The van der Waals surface area contributed by atoms with Crippen LogP contribution in [0, 0.1) is 13.8 Å². The van der Waals surface area contributed by atoms with Crippen molar-refractivity contribution >= 4 is 5.91 Å². The lowest BCUT2D eigenvalue weighted by Gasteiger charge is -2.42. The number of carbonyl (C=O) groups is 1. The summed E-state index contributed by atoms with van der Waals surface area (Å²) in [4.78, 5) is 17.3. The van der Waals surface area contributed by atoms with Crippen LogP contribution in [-0.4, -0.2) is 62.9 Å². The zero-order valence-corrected chi connectivity index (χ0v) is 15.0. The van der Waals surface area contributed by atoms with Crippen LogP contribution in [0.2, 0.25) is 0 Å². The van der Waals surface area contributed by atoms with Crippen molar-refractivity contribution in [3.05, 3.63) is 41.2 Å². The molecule has 1 saturated carbocycles. The van der Waals surface area contributed by atoms with Gasteiger partial charge in [0.05, 0.1) is 11.4 Å². The fourth-order valence-electron chi connectivity index (χ4n) is 3.72. The molecule has 1 aromatic heterocycles. The van der Waals surface area contributed by atoms with Crippen molar-refractivity contribution in [1.29, 1.82) is 0 Å². The predicted octanol–water partition coefficient (Wildman–Crippen LogP) is 2.19. The third-order valence-electron chi connectivity index (χ3n) is 5.54. The average molecular weight is 339 g/mol. The monoisotopic (exact) mass is 339 g/mol. The van der Waals surface area contributed by atoms with E-state index in [4.69, 9.17) is 0 Å². The molecule has 0 spiro atoms.